The highest BCUT2D eigenvalue weighted by Crippen LogP contribution is 2.45. The van der Waals surface area contributed by atoms with Crippen molar-refractivity contribution in [1.82, 2.24) is 4.90 Å². The average Bonchev–Trinajstić information content (AvgIpc) is 2.89. The summed E-state index contributed by atoms with van der Waals surface area (Å²) < 4.78 is 0. The van der Waals surface area contributed by atoms with E-state index in [-0.39, 0.29) is 24.8 Å². The Hall–Kier alpha value is -2.66. The summed E-state index contributed by atoms with van der Waals surface area (Å²) in [5, 5.41) is 9.03. The lowest BCUT2D eigenvalue weighted by Gasteiger charge is -2.30. The van der Waals surface area contributed by atoms with Gasteiger partial charge in [-0.15, -0.1) is 0 Å². The zero-order chi connectivity index (χ0) is 19.4. The number of fused-ring (bicyclic) bond motifs is 1. The van der Waals surface area contributed by atoms with Gasteiger partial charge in [0.15, 0.2) is 0 Å². The maximum absolute atomic E-state index is 13.4. The molecule has 2 aromatic carbocycles. The summed E-state index contributed by atoms with van der Waals surface area (Å²) in [7, 11) is 3.50. The molecule has 27 heavy (non-hydrogen) atoms. The number of aliphatic hydroxyl groups excluding tert-OH is 1. The Kier molecular flexibility index (Phi) is 5.61. The fourth-order valence-electron chi connectivity index (χ4n) is 3.89. The SMILES string of the molecule is CN(CCCO)C(=O)CC1(Cc2ccccc2)C(=O)N(C)c2ccccc21. The zero-order valence-electron chi connectivity index (χ0n) is 15.9. The van der Waals surface area contributed by atoms with Crippen molar-refractivity contribution in [3.63, 3.8) is 0 Å². The van der Waals surface area contributed by atoms with E-state index in [0.717, 1.165) is 16.8 Å². The van der Waals surface area contributed by atoms with Crippen LogP contribution in [0.3, 0.4) is 0 Å². The Balaban J connectivity index is 2.00. The summed E-state index contributed by atoms with van der Waals surface area (Å²) >= 11 is 0. The minimum atomic E-state index is -0.906. The molecule has 1 heterocycles. The third-order valence-electron chi connectivity index (χ3n) is 5.37. The molecule has 5 nitrogen and oxygen atoms in total. The first-order valence-electron chi connectivity index (χ1n) is 9.26. The van der Waals surface area contributed by atoms with E-state index in [1.807, 2.05) is 54.6 Å². The first-order chi connectivity index (χ1) is 13.0. The number of hydrogen-bond donors (Lipinski definition) is 1. The first kappa shape index (κ1) is 19.1. The van der Waals surface area contributed by atoms with Gasteiger partial charge >= 0.3 is 0 Å². The molecule has 0 fully saturated rings. The second-order valence-corrected chi connectivity index (χ2v) is 7.20. The predicted octanol–water partition coefficient (Wildman–Crippen LogP) is 2.37. The molecule has 1 atom stereocenters. The van der Waals surface area contributed by atoms with Gasteiger partial charge < -0.3 is 14.9 Å². The number of aliphatic hydroxyl groups is 1. The molecule has 1 N–H and O–H groups in total. The smallest absolute Gasteiger partial charge is 0.238 e. The average molecular weight is 366 g/mol. The van der Waals surface area contributed by atoms with E-state index in [0.29, 0.717) is 19.4 Å². The topological polar surface area (TPSA) is 60.9 Å². The molecule has 0 saturated heterocycles. The van der Waals surface area contributed by atoms with Gasteiger partial charge in [0.1, 0.15) is 0 Å². The Morgan fingerprint density at radius 2 is 1.78 bits per heavy atom. The van der Waals surface area contributed by atoms with E-state index < -0.39 is 5.41 Å². The summed E-state index contributed by atoms with van der Waals surface area (Å²) in [6, 6.07) is 17.6. The van der Waals surface area contributed by atoms with Crippen LogP contribution in [0.25, 0.3) is 0 Å². The normalized spacial score (nSPS) is 18.5. The molecule has 142 valence electrons. The quantitative estimate of drug-likeness (QED) is 0.818. The second-order valence-electron chi connectivity index (χ2n) is 7.20. The number of likely N-dealkylation sites (N-methyl/N-ethyl adjacent to an activating group) is 1. The van der Waals surface area contributed by atoms with Gasteiger partial charge in [-0.25, -0.2) is 0 Å². The highest BCUT2D eigenvalue weighted by Gasteiger charge is 2.51. The molecule has 0 bridgehead atoms. The van der Waals surface area contributed by atoms with E-state index >= 15 is 0 Å². The fourth-order valence-corrected chi connectivity index (χ4v) is 3.89. The van der Waals surface area contributed by atoms with E-state index in [2.05, 4.69) is 0 Å². The van der Waals surface area contributed by atoms with E-state index in [1.165, 1.54) is 0 Å². The van der Waals surface area contributed by atoms with Crippen molar-refractivity contribution in [2.45, 2.75) is 24.7 Å². The minimum Gasteiger partial charge on any atom is -0.396 e. The van der Waals surface area contributed by atoms with Crippen molar-refractivity contribution in [3.05, 3.63) is 65.7 Å². The van der Waals surface area contributed by atoms with Gasteiger partial charge in [0.2, 0.25) is 11.8 Å². The van der Waals surface area contributed by atoms with Crippen LogP contribution in [0.2, 0.25) is 0 Å². The maximum atomic E-state index is 13.4. The highest BCUT2D eigenvalue weighted by molar-refractivity contribution is 6.09. The molecule has 1 aliphatic heterocycles. The summed E-state index contributed by atoms with van der Waals surface area (Å²) in [5.41, 5.74) is 1.90. The molecule has 0 saturated carbocycles. The molecule has 0 aromatic heterocycles. The minimum absolute atomic E-state index is 0.0390. The number of para-hydroxylation sites is 1. The van der Waals surface area contributed by atoms with Crippen LogP contribution in [0, 0.1) is 0 Å². The van der Waals surface area contributed by atoms with Gasteiger partial charge in [0.05, 0.1) is 5.41 Å². The van der Waals surface area contributed by atoms with E-state index in [9.17, 15) is 9.59 Å². The molecule has 3 rings (SSSR count). The van der Waals surface area contributed by atoms with Crippen molar-refractivity contribution < 1.29 is 14.7 Å². The van der Waals surface area contributed by atoms with E-state index in [4.69, 9.17) is 5.11 Å². The number of anilines is 1. The second kappa shape index (κ2) is 7.92. The summed E-state index contributed by atoms with van der Waals surface area (Å²) in [6.45, 7) is 0.514. The number of carbonyl (C=O) groups is 2. The number of benzene rings is 2. The standard InChI is InChI=1S/C22H26N2O3/c1-23(13-8-14-25)20(26)16-22(15-17-9-4-3-5-10-17)18-11-6-7-12-19(18)24(2)21(22)27/h3-7,9-12,25H,8,13-16H2,1-2H3. The molecule has 0 aliphatic carbocycles. The molecule has 5 heteroatoms. The summed E-state index contributed by atoms with van der Waals surface area (Å²) in [4.78, 5) is 29.6. The van der Waals surface area contributed by atoms with Crippen LogP contribution in [0.1, 0.15) is 24.0 Å². The number of hydrogen-bond acceptors (Lipinski definition) is 3. The van der Waals surface area contributed by atoms with Gasteiger partial charge in [-0.2, -0.15) is 0 Å². The van der Waals surface area contributed by atoms with E-state index in [1.54, 1.807) is 23.9 Å². The summed E-state index contributed by atoms with van der Waals surface area (Å²) in [6.07, 6.45) is 1.12. The third-order valence-corrected chi connectivity index (χ3v) is 5.37. The highest BCUT2D eigenvalue weighted by atomic mass is 16.3. The van der Waals surface area contributed by atoms with Crippen molar-refractivity contribution in [2.75, 3.05) is 32.1 Å². The molecular formula is C22H26N2O3. The Morgan fingerprint density at radius 1 is 1.11 bits per heavy atom. The van der Waals surface area contributed by atoms with Crippen LogP contribution in [0.15, 0.2) is 54.6 Å². The first-order valence-corrected chi connectivity index (χ1v) is 9.26. The van der Waals surface area contributed by atoms with Gasteiger partial charge in [-0.3, -0.25) is 9.59 Å². The van der Waals surface area contributed by atoms with Gasteiger partial charge in [-0.1, -0.05) is 48.5 Å². The monoisotopic (exact) mass is 366 g/mol. The van der Waals surface area contributed by atoms with Crippen molar-refractivity contribution in [2.24, 2.45) is 0 Å². The number of nitrogens with zero attached hydrogens (tertiary/aromatic N) is 2. The molecule has 2 amide bonds. The largest absolute Gasteiger partial charge is 0.396 e. The van der Waals surface area contributed by atoms with Crippen LogP contribution in [-0.4, -0.2) is 49.1 Å². The summed E-state index contributed by atoms with van der Waals surface area (Å²) in [5.74, 6) is -0.130. The van der Waals surface area contributed by atoms with Gasteiger partial charge in [0.25, 0.3) is 0 Å². The molecule has 2 aromatic rings. The van der Waals surface area contributed by atoms with Gasteiger partial charge in [-0.05, 0) is 30.0 Å². The molecule has 0 spiro atoms. The fraction of sp³-hybridized carbons (Fsp3) is 0.364. The number of rotatable bonds is 7. The Labute approximate surface area is 160 Å². The van der Waals surface area contributed by atoms with Crippen LogP contribution in [-0.2, 0) is 21.4 Å². The van der Waals surface area contributed by atoms with Crippen LogP contribution in [0.5, 0.6) is 0 Å². The molecular weight excluding hydrogens is 340 g/mol. The predicted molar refractivity (Wildman–Crippen MR) is 106 cm³/mol. The van der Waals surface area contributed by atoms with Crippen molar-refractivity contribution >= 4 is 17.5 Å². The molecule has 1 unspecified atom stereocenters. The Morgan fingerprint density at radius 3 is 2.48 bits per heavy atom. The van der Waals surface area contributed by atoms with Crippen LogP contribution in [0.4, 0.5) is 5.69 Å². The van der Waals surface area contributed by atoms with Gasteiger partial charge in [0, 0.05) is 39.4 Å². The molecule has 1 aliphatic rings. The maximum Gasteiger partial charge on any atom is 0.238 e. The third kappa shape index (κ3) is 3.60. The lowest BCUT2D eigenvalue weighted by Crippen LogP contribution is -2.45. The Bertz CT molecular complexity index is 821. The molecule has 0 radical (unpaired) electrons. The van der Waals surface area contributed by atoms with Crippen LogP contribution < -0.4 is 4.90 Å². The lowest BCUT2D eigenvalue weighted by molar-refractivity contribution is -0.135. The van der Waals surface area contributed by atoms with Crippen LogP contribution >= 0.6 is 0 Å². The zero-order valence-corrected chi connectivity index (χ0v) is 15.9. The number of carbonyl (C=O) groups excluding carboxylic acids is 2. The number of amides is 2. The van der Waals surface area contributed by atoms with Crippen molar-refractivity contribution in [3.8, 4) is 0 Å². The van der Waals surface area contributed by atoms with Crippen molar-refractivity contribution in [1.29, 1.82) is 0 Å². The lowest BCUT2D eigenvalue weighted by atomic mass is 9.73.